The topological polar surface area (TPSA) is 20.3 Å². The van der Waals surface area contributed by atoms with E-state index in [0.717, 1.165) is 19.0 Å². The number of carbonyl (C=O) groups is 1. The second kappa shape index (κ2) is 4.75. The summed E-state index contributed by atoms with van der Waals surface area (Å²) in [5.41, 5.74) is 0. The first-order valence-corrected chi connectivity index (χ1v) is 5.45. The first-order chi connectivity index (χ1) is 6.19. The summed E-state index contributed by atoms with van der Waals surface area (Å²) in [6.45, 7) is 8.48. The molecule has 76 valence electrons. The Balaban J connectivity index is 2.41. The average Bonchev–Trinajstić information content (AvgIpc) is 2.63. The second-order valence-corrected chi connectivity index (χ2v) is 4.05. The van der Waals surface area contributed by atoms with Crippen molar-refractivity contribution in [2.75, 3.05) is 13.1 Å². The van der Waals surface area contributed by atoms with Gasteiger partial charge in [0.2, 0.25) is 0 Å². The molecule has 0 aromatic rings. The number of likely N-dealkylation sites (tertiary alicyclic amines) is 1. The van der Waals surface area contributed by atoms with E-state index in [1.54, 1.807) is 0 Å². The van der Waals surface area contributed by atoms with Crippen molar-refractivity contribution in [2.24, 2.45) is 5.92 Å². The number of ketones is 1. The van der Waals surface area contributed by atoms with Gasteiger partial charge in [0, 0.05) is 13.0 Å². The number of Topliss-reactive ketones (excluding diaryl/α,β-unsaturated/α-hetero) is 1. The molecule has 0 amide bonds. The average molecular weight is 183 g/mol. The summed E-state index contributed by atoms with van der Waals surface area (Å²) in [7, 11) is 0. The summed E-state index contributed by atoms with van der Waals surface area (Å²) in [4.78, 5) is 13.8. The van der Waals surface area contributed by atoms with Crippen LogP contribution < -0.4 is 0 Å². The molecule has 2 atom stereocenters. The molecule has 1 fully saturated rings. The van der Waals surface area contributed by atoms with Gasteiger partial charge in [0.15, 0.2) is 0 Å². The standard InChI is InChI=1S/C11H21NO/c1-4-10-6-7-12(8-10)9(3)11(13)5-2/h9-10H,4-8H2,1-3H3. The molecular weight excluding hydrogens is 162 g/mol. The predicted octanol–water partition coefficient (Wildman–Crippen LogP) is 2.09. The van der Waals surface area contributed by atoms with Crippen molar-refractivity contribution >= 4 is 5.78 Å². The summed E-state index contributed by atoms with van der Waals surface area (Å²) < 4.78 is 0. The molecule has 0 bridgehead atoms. The molecule has 1 aliphatic heterocycles. The fourth-order valence-corrected chi connectivity index (χ4v) is 2.05. The largest absolute Gasteiger partial charge is 0.298 e. The minimum atomic E-state index is 0.154. The van der Waals surface area contributed by atoms with Crippen molar-refractivity contribution in [1.82, 2.24) is 4.90 Å². The Hall–Kier alpha value is -0.370. The molecular formula is C11H21NO. The van der Waals surface area contributed by atoms with Crippen LogP contribution >= 0.6 is 0 Å². The van der Waals surface area contributed by atoms with Gasteiger partial charge in [-0.25, -0.2) is 0 Å². The fraction of sp³-hybridized carbons (Fsp3) is 0.909. The Morgan fingerprint density at radius 3 is 2.69 bits per heavy atom. The van der Waals surface area contributed by atoms with Crippen LogP contribution in [0.1, 0.15) is 40.0 Å². The van der Waals surface area contributed by atoms with E-state index < -0.39 is 0 Å². The molecule has 0 aromatic heterocycles. The van der Waals surface area contributed by atoms with Gasteiger partial charge in [-0.15, -0.1) is 0 Å². The third-order valence-corrected chi connectivity index (χ3v) is 3.26. The van der Waals surface area contributed by atoms with Gasteiger partial charge >= 0.3 is 0 Å². The van der Waals surface area contributed by atoms with Gasteiger partial charge in [-0.05, 0) is 25.8 Å². The Labute approximate surface area is 81.3 Å². The number of carbonyl (C=O) groups excluding carboxylic acids is 1. The summed E-state index contributed by atoms with van der Waals surface area (Å²) in [5, 5.41) is 0. The van der Waals surface area contributed by atoms with Crippen molar-refractivity contribution in [1.29, 1.82) is 0 Å². The van der Waals surface area contributed by atoms with E-state index in [9.17, 15) is 4.79 Å². The molecule has 0 radical (unpaired) electrons. The van der Waals surface area contributed by atoms with Crippen molar-refractivity contribution in [3.63, 3.8) is 0 Å². The molecule has 1 saturated heterocycles. The van der Waals surface area contributed by atoms with E-state index in [1.165, 1.54) is 12.8 Å². The van der Waals surface area contributed by atoms with E-state index in [1.807, 2.05) is 13.8 Å². The summed E-state index contributed by atoms with van der Waals surface area (Å²) in [6, 6.07) is 0.154. The summed E-state index contributed by atoms with van der Waals surface area (Å²) >= 11 is 0. The highest BCUT2D eigenvalue weighted by atomic mass is 16.1. The van der Waals surface area contributed by atoms with E-state index in [4.69, 9.17) is 0 Å². The lowest BCUT2D eigenvalue weighted by Crippen LogP contribution is -2.37. The Bertz CT molecular complexity index is 179. The van der Waals surface area contributed by atoms with Crippen LogP contribution in [0, 0.1) is 5.92 Å². The monoisotopic (exact) mass is 183 g/mol. The third kappa shape index (κ3) is 2.53. The summed E-state index contributed by atoms with van der Waals surface area (Å²) in [5.74, 6) is 1.21. The Morgan fingerprint density at radius 2 is 2.23 bits per heavy atom. The van der Waals surface area contributed by atoms with Gasteiger partial charge < -0.3 is 0 Å². The normalized spacial score (nSPS) is 26.2. The first-order valence-electron chi connectivity index (χ1n) is 5.45. The highest BCUT2D eigenvalue weighted by Crippen LogP contribution is 2.21. The van der Waals surface area contributed by atoms with Crippen LogP contribution in [0.5, 0.6) is 0 Å². The maximum Gasteiger partial charge on any atom is 0.149 e. The van der Waals surface area contributed by atoms with E-state index >= 15 is 0 Å². The molecule has 0 aliphatic carbocycles. The predicted molar refractivity (Wildman–Crippen MR) is 54.7 cm³/mol. The van der Waals surface area contributed by atoms with E-state index in [0.29, 0.717) is 12.2 Å². The maximum absolute atomic E-state index is 11.5. The lowest BCUT2D eigenvalue weighted by atomic mass is 10.1. The quantitative estimate of drug-likeness (QED) is 0.665. The van der Waals surface area contributed by atoms with E-state index in [-0.39, 0.29) is 6.04 Å². The molecule has 2 nitrogen and oxygen atoms in total. The smallest absolute Gasteiger partial charge is 0.149 e. The zero-order chi connectivity index (χ0) is 9.84. The Kier molecular flexibility index (Phi) is 3.91. The zero-order valence-corrected chi connectivity index (χ0v) is 9.05. The van der Waals surface area contributed by atoms with Crippen LogP contribution in [0.15, 0.2) is 0 Å². The second-order valence-electron chi connectivity index (χ2n) is 4.05. The van der Waals surface area contributed by atoms with Crippen molar-refractivity contribution in [2.45, 2.75) is 46.1 Å². The van der Waals surface area contributed by atoms with Crippen LogP contribution in [0.2, 0.25) is 0 Å². The molecule has 1 aliphatic rings. The van der Waals surface area contributed by atoms with Crippen molar-refractivity contribution < 1.29 is 4.79 Å². The van der Waals surface area contributed by atoms with Crippen LogP contribution in [0.3, 0.4) is 0 Å². The molecule has 0 spiro atoms. The van der Waals surface area contributed by atoms with Gasteiger partial charge in [0.1, 0.15) is 5.78 Å². The highest BCUT2D eigenvalue weighted by Gasteiger charge is 2.27. The van der Waals surface area contributed by atoms with Gasteiger partial charge in [-0.2, -0.15) is 0 Å². The summed E-state index contributed by atoms with van der Waals surface area (Å²) in [6.07, 6.45) is 3.20. The molecule has 1 heterocycles. The van der Waals surface area contributed by atoms with Gasteiger partial charge in [-0.1, -0.05) is 20.3 Å². The first kappa shape index (κ1) is 10.7. The molecule has 0 N–H and O–H groups in total. The van der Waals surface area contributed by atoms with Gasteiger partial charge in [0.25, 0.3) is 0 Å². The lowest BCUT2D eigenvalue weighted by Gasteiger charge is -2.22. The van der Waals surface area contributed by atoms with E-state index in [2.05, 4.69) is 11.8 Å². The maximum atomic E-state index is 11.5. The van der Waals surface area contributed by atoms with Crippen LogP contribution in [-0.4, -0.2) is 29.8 Å². The lowest BCUT2D eigenvalue weighted by molar-refractivity contribution is -0.123. The molecule has 2 unspecified atom stereocenters. The molecule has 13 heavy (non-hydrogen) atoms. The van der Waals surface area contributed by atoms with Gasteiger partial charge in [-0.3, -0.25) is 9.69 Å². The van der Waals surface area contributed by atoms with Crippen LogP contribution in [-0.2, 0) is 4.79 Å². The van der Waals surface area contributed by atoms with Crippen LogP contribution in [0.25, 0.3) is 0 Å². The number of rotatable bonds is 4. The zero-order valence-electron chi connectivity index (χ0n) is 9.05. The fourth-order valence-electron chi connectivity index (χ4n) is 2.05. The third-order valence-electron chi connectivity index (χ3n) is 3.26. The number of hydrogen-bond acceptors (Lipinski definition) is 2. The van der Waals surface area contributed by atoms with Gasteiger partial charge in [0.05, 0.1) is 6.04 Å². The SMILES string of the molecule is CCC(=O)C(C)N1CCC(CC)C1. The minimum absolute atomic E-state index is 0.154. The molecule has 0 aromatic carbocycles. The Morgan fingerprint density at radius 1 is 1.54 bits per heavy atom. The number of nitrogens with zero attached hydrogens (tertiary/aromatic N) is 1. The van der Waals surface area contributed by atoms with Crippen LogP contribution in [0.4, 0.5) is 0 Å². The van der Waals surface area contributed by atoms with Crippen molar-refractivity contribution in [3.8, 4) is 0 Å². The molecule has 0 saturated carbocycles. The van der Waals surface area contributed by atoms with Crippen molar-refractivity contribution in [3.05, 3.63) is 0 Å². The minimum Gasteiger partial charge on any atom is -0.298 e. The number of hydrogen-bond donors (Lipinski definition) is 0. The molecule has 1 rings (SSSR count). The highest BCUT2D eigenvalue weighted by molar-refractivity contribution is 5.83. The molecule has 2 heteroatoms.